The van der Waals surface area contributed by atoms with Crippen LogP contribution in [-0.2, 0) is 11.2 Å². The molecule has 0 fully saturated rings. The van der Waals surface area contributed by atoms with Gasteiger partial charge in [-0.15, -0.1) is 10.2 Å². The number of aromatic nitrogens is 5. The monoisotopic (exact) mass is 331 g/mol. The summed E-state index contributed by atoms with van der Waals surface area (Å²) < 4.78 is 5.63. The average Bonchev–Trinajstić information content (AvgIpc) is 3.13. The van der Waals surface area contributed by atoms with Gasteiger partial charge in [0.15, 0.2) is 0 Å². The maximum atomic E-state index is 11.0. The molecule has 0 aliphatic rings. The van der Waals surface area contributed by atoms with Crippen molar-refractivity contribution in [3.8, 4) is 11.5 Å². The molecule has 0 unspecified atom stereocenters. The molecule has 8 heteroatoms. The zero-order valence-corrected chi connectivity index (χ0v) is 13.9. The second-order valence-corrected chi connectivity index (χ2v) is 7.04. The van der Waals surface area contributed by atoms with Crippen molar-refractivity contribution in [3.63, 3.8) is 0 Å². The van der Waals surface area contributed by atoms with E-state index in [1.54, 1.807) is 0 Å². The van der Waals surface area contributed by atoms with Crippen LogP contribution in [0.1, 0.15) is 32.2 Å². The fraction of sp³-hybridized carbons (Fsp3) is 0.333. The van der Waals surface area contributed by atoms with Crippen LogP contribution in [-0.4, -0.2) is 25.4 Å². The van der Waals surface area contributed by atoms with Crippen molar-refractivity contribution >= 4 is 11.8 Å². The molecule has 3 aromatic rings. The number of nitrogens with zero attached hydrogens (tertiary/aromatic N) is 3. The summed E-state index contributed by atoms with van der Waals surface area (Å²) in [5.41, 5.74) is 1.91. The van der Waals surface area contributed by atoms with E-state index in [9.17, 15) is 4.79 Å². The van der Waals surface area contributed by atoms with E-state index in [-0.39, 0.29) is 11.1 Å². The van der Waals surface area contributed by atoms with Gasteiger partial charge in [0.2, 0.25) is 5.89 Å². The molecule has 2 N–H and O–H groups in total. The number of rotatable bonds is 4. The summed E-state index contributed by atoms with van der Waals surface area (Å²) in [6.07, 6.45) is 0. The van der Waals surface area contributed by atoms with Gasteiger partial charge in [-0.2, -0.15) is 5.10 Å². The number of benzene rings is 1. The molecule has 0 aliphatic heterocycles. The molecular formula is C15H17N5O2S. The molecule has 120 valence electrons. The predicted octanol–water partition coefficient (Wildman–Crippen LogP) is 2.74. The highest BCUT2D eigenvalue weighted by atomic mass is 32.2. The van der Waals surface area contributed by atoms with Crippen LogP contribution >= 0.6 is 11.8 Å². The molecule has 0 bridgehead atoms. The Labute approximate surface area is 136 Å². The lowest BCUT2D eigenvalue weighted by Gasteiger charge is -2.18. The Bertz CT molecular complexity index is 842. The number of nitrogens with one attached hydrogen (secondary N) is 2. The third-order valence-electron chi connectivity index (χ3n) is 3.29. The second-order valence-electron chi connectivity index (χ2n) is 6.11. The molecule has 0 radical (unpaired) electrons. The molecule has 0 saturated carbocycles. The quantitative estimate of drug-likeness (QED) is 0.713. The molecule has 0 amide bonds. The summed E-state index contributed by atoms with van der Waals surface area (Å²) in [5, 5.41) is 14.6. The molecule has 2 heterocycles. The van der Waals surface area contributed by atoms with Gasteiger partial charge in [0.1, 0.15) is 5.82 Å². The van der Waals surface area contributed by atoms with Gasteiger partial charge < -0.3 is 4.42 Å². The first-order valence-corrected chi connectivity index (χ1v) is 8.11. The third kappa shape index (κ3) is 3.70. The summed E-state index contributed by atoms with van der Waals surface area (Å²) >= 11 is 1.32. The molecule has 0 aliphatic carbocycles. The van der Waals surface area contributed by atoms with Crippen LogP contribution in [0.15, 0.2) is 38.7 Å². The number of aromatic amines is 2. The average molecular weight is 331 g/mol. The molecule has 23 heavy (non-hydrogen) atoms. The molecule has 0 saturated heterocycles. The summed E-state index contributed by atoms with van der Waals surface area (Å²) in [7, 11) is 0. The maximum absolute atomic E-state index is 11.0. The smallest absolute Gasteiger partial charge is 0.340 e. The predicted molar refractivity (Wildman–Crippen MR) is 87.2 cm³/mol. The van der Waals surface area contributed by atoms with Crippen molar-refractivity contribution < 1.29 is 4.42 Å². The minimum Gasteiger partial charge on any atom is -0.411 e. The van der Waals surface area contributed by atoms with Crippen molar-refractivity contribution in [2.45, 2.75) is 37.2 Å². The molecule has 0 spiro atoms. The Balaban J connectivity index is 1.70. The van der Waals surface area contributed by atoms with Gasteiger partial charge in [-0.3, -0.25) is 4.98 Å². The Morgan fingerprint density at radius 3 is 2.52 bits per heavy atom. The van der Waals surface area contributed by atoms with Gasteiger partial charge in [-0.25, -0.2) is 9.89 Å². The van der Waals surface area contributed by atoms with Crippen molar-refractivity contribution in [2.75, 3.05) is 0 Å². The number of hydrogen-bond acceptors (Lipinski definition) is 6. The largest absolute Gasteiger partial charge is 0.411 e. The van der Waals surface area contributed by atoms with Crippen molar-refractivity contribution in [1.29, 1.82) is 0 Å². The third-order valence-corrected chi connectivity index (χ3v) is 4.12. The highest BCUT2D eigenvalue weighted by Crippen LogP contribution is 2.27. The van der Waals surface area contributed by atoms with Crippen LogP contribution in [0.2, 0.25) is 0 Å². The SMILES string of the molecule is CC(C)(C)c1ccc(-c2nnc(SCc3n[nH]c(=O)[nH]3)o2)cc1. The van der Waals surface area contributed by atoms with Crippen molar-refractivity contribution in [2.24, 2.45) is 0 Å². The standard InChI is InChI=1S/C15H17N5O2S/c1-15(2,3)10-6-4-9(5-7-10)12-18-20-14(22-12)23-8-11-16-13(21)19-17-11/h4-7H,8H2,1-3H3,(H2,16,17,19,21). The molecular weight excluding hydrogens is 314 g/mol. The van der Waals surface area contributed by atoms with Crippen LogP contribution in [0.3, 0.4) is 0 Å². The fourth-order valence-electron chi connectivity index (χ4n) is 2.00. The highest BCUT2D eigenvalue weighted by molar-refractivity contribution is 7.98. The Morgan fingerprint density at radius 1 is 1.17 bits per heavy atom. The van der Waals surface area contributed by atoms with Gasteiger partial charge in [-0.1, -0.05) is 44.7 Å². The van der Waals surface area contributed by atoms with E-state index in [4.69, 9.17) is 4.42 Å². The zero-order chi connectivity index (χ0) is 16.4. The lowest BCUT2D eigenvalue weighted by atomic mass is 9.87. The van der Waals surface area contributed by atoms with E-state index in [2.05, 4.69) is 58.3 Å². The van der Waals surface area contributed by atoms with Gasteiger partial charge in [-0.05, 0) is 23.1 Å². The minimum absolute atomic E-state index is 0.106. The van der Waals surface area contributed by atoms with Crippen LogP contribution in [0.25, 0.3) is 11.5 Å². The highest BCUT2D eigenvalue weighted by Gasteiger charge is 2.15. The fourth-order valence-corrected chi connectivity index (χ4v) is 2.63. The normalized spacial score (nSPS) is 11.8. The zero-order valence-electron chi connectivity index (χ0n) is 13.1. The molecule has 3 rings (SSSR count). The van der Waals surface area contributed by atoms with Gasteiger partial charge in [0.05, 0.1) is 5.75 Å². The van der Waals surface area contributed by atoms with E-state index >= 15 is 0 Å². The van der Waals surface area contributed by atoms with E-state index in [0.717, 1.165) is 5.56 Å². The van der Waals surface area contributed by atoms with Gasteiger partial charge in [0, 0.05) is 5.56 Å². The molecule has 7 nitrogen and oxygen atoms in total. The summed E-state index contributed by atoms with van der Waals surface area (Å²) in [6, 6.07) is 8.10. The van der Waals surface area contributed by atoms with Crippen molar-refractivity contribution in [3.05, 3.63) is 46.1 Å². The van der Waals surface area contributed by atoms with Gasteiger partial charge >= 0.3 is 5.69 Å². The summed E-state index contributed by atoms with van der Waals surface area (Å²) in [4.78, 5) is 13.5. The second kappa shape index (κ2) is 6.04. The Hall–Kier alpha value is -2.35. The Kier molecular flexibility index (Phi) is 4.08. The lowest BCUT2D eigenvalue weighted by Crippen LogP contribution is -2.10. The number of H-pyrrole nitrogens is 2. The summed E-state index contributed by atoms with van der Waals surface area (Å²) in [6.45, 7) is 6.51. The van der Waals surface area contributed by atoms with E-state index in [0.29, 0.717) is 22.7 Å². The minimum atomic E-state index is -0.328. The van der Waals surface area contributed by atoms with Crippen LogP contribution in [0.5, 0.6) is 0 Å². The maximum Gasteiger partial charge on any atom is 0.340 e. The van der Waals surface area contributed by atoms with Crippen LogP contribution in [0.4, 0.5) is 0 Å². The molecule has 1 aromatic carbocycles. The summed E-state index contributed by atoms with van der Waals surface area (Å²) in [5.74, 6) is 1.46. The number of hydrogen-bond donors (Lipinski definition) is 2. The first-order chi connectivity index (χ1) is 10.9. The first-order valence-electron chi connectivity index (χ1n) is 7.12. The van der Waals surface area contributed by atoms with Crippen molar-refractivity contribution in [1.82, 2.24) is 25.4 Å². The van der Waals surface area contributed by atoms with Gasteiger partial charge in [0.25, 0.3) is 5.22 Å². The topological polar surface area (TPSA) is 100 Å². The van der Waals surface area contributed by atoms with E-state index < -0.39 is 0 Å². The Morgan fingerprint density at radius 2 is 1.91 bits per heavy atom. The van der Waals surface area contributed by atoms with Crippen LogP contribution in [0, 0.1) is 0 Å². The van der Waals surface area contributed by atoms with E-state index in [1.165, 1.54) is 17.3 Å². The lowest BCUT2D eigenvalue weighted by molar-refractivity contribution is 0.465. The van der Waals surface area contributed by atoms with E-state index in [1.807, 2.05) is 12.1 Å². The molecule has 2 aromatic heterocycles. The number of thioether (sulfide) groups is 1. The van der Waals surface area contributed by atoms with Crippen LogP contribution < -0.4 is 5.69 Å². The first kappa shape index (κ1) is 15.5. The molecule has 0 atom stereocenters.